The van der Waals surface area contributed by atoms with Crippen molar-refractivity contribution in [2.75, 3.05) is 19.6 Å². The second-order valence-corrected chi connectivity index (χ2v) is 5.63. The highest BCUT2D eigenvalue weighted by Gasteiger charge is 2.35. The molecule has 0 radical (unpaired) electrons. The largest absolute Gasteiger partial charge is 0.315 e. The second-order valence-electron chi connectivity index (χ2n) is 5.63. The van der Waals surface area contributed by atoms with Gasteiger partial charge in [0.05, 0.1) is 0 Å². The van der Waals surface area contributed by atoms with Crippen LogP contribution in [0.15, 0.2) is 0 Å². The van der Waals surface area contributed by atoms with E-state index in [1.165, 1.54) is 6.42 Å². The summed E-state index contributed by atoms with van der Waals surface area (Å²) in [5.41, 5.74) is 0.622. The fourth-order valence-corrected chi connectivity index (χ4v) is 2.39. The molecule has 1 aliphatic heterocycles. The zero-order valence-corrected chi connectivity index (χ0v) is 9.78. The topological polar surface area (TPSA) is 15.3 Å². The SMILES string of the molecule is CC(C)(C)N1CCNCCC1(C)C. The van der Waals surface area contributed by atoms with Gasteiger partial charge in [0.1, 0.15) is 0 Å². The predicted molar refractivity (Wildman–Crippen MR) is 58.0 cm³/mol. The Hall–Kier alpha value is -0.0800. The van der Waals surface area contributed by atoms with Gasteiger partial charge in [-0.2, -0.15) is 0 Å². The van der Waals surface area contributed by atoms with Crippen LogP contribution < -0.4 is 5.32 Å². The molecule has 1 heterocycles. The van der Waals surface area contributed by atoms with Gasteiger partial charge < -0.3 is 5.32 Å². The molecule has 0 spiro atoms. The van der Waals surface area contributed by atoms with E-state index in [1.54, 1.807) is 0 Å². The molecule has 1 aliphatic rings. The summed E-state index contributed by atoms with van der Waals surface area (Å²) in [5, 5.41) is 3.46. The Morgan fingerprint density at radius 2 is 1.77 bits per heavy atom. The van der Waals surface area contributed by atoms with Crippen LogP contribution in [-0.4, -0.2) is 35.6 Å². The third-order valence-electron chi connectivity index (χ3n) is 2.97. The summed E-state index contributed by atoms with van der Waals surface area (Å²) in [6.07, 6.45) is 1.24. The maximum atomic E-state index is 3.46. The highest BCUT2D eigenvalue weighted by atomic mass is 15.3. The van der Waals surface area contributed by atoms with Crippen molar-refractivity contribution in [2.24, 2.45) is 0 Å². The lowest BCUT2D eigenvalue weighted by atomic mass is 9.92. The fraction of sp³-hybridized carbons (Fsp3) is 1.00. The van der Waals surface area contributed by atoms with Crippen LogP contribution in [0.4, 0.5) is 0 Å². The average Bonchev–Trinajstić information content (AvgIpc) is 2.07. The highest BCUT2D eigenvalue weighted by molar-refractivity contribution is 4.92. The molecule has 1 saturated heterocycles. The first-order valence-corrected chi connectivity index (χ1v) is 5.32. The molecule has 13 heavy (non-hydrogen) atoms. The molecular formula is C11H24N2. The Morgan fingerprint density at radius 3 is 2.31 bits per heavy atom. The van der Waals surface area contributed by atoms with Gasteiger partial charge in [0.2, 0.25) is 0 Å². The van der Waals surface area contributed by atoms with Gasteiger partial charge in [0, 0.05) is 24.2 Å². The van der Waals surface area contributed by atoms with E-state index in [0.29, 0.717) is 5.54 Å². The van der Waals surface area contributed by atoms with E-state index < -0.39 is 0 Å². The van der Waals surface area contributed by atoms with Crippen LogP contribution >= 0.6 is 0 Å². The summed E-state index contributed by atoms with van der Waals surface area (Å²) in [5.74, 6) is 0. The lowest BCUT2D eigenvalue weighted by molar-refractivity contribution is 0.0339. The van der Waals surface area contributed by atoms with Crippen molar-refractivity contribution in [1.82, 2.24) is 10.2 Å². The van der Waals surface area contributed by atoms with Gasteiger partial charge in [0.15, 0.2) is 0 Å². The number of nitrogens with one attached hydrogen (secondary N) is 1. The molecule has 0 amide bonds. The van der Waals surface area contributed by atoms with Gasteiger partial charge in [0.25, 0.3) is 0 Å². The molecule has 1 N–H and O–H groups in total. The van der Waals surface area contributed by atoms with E-state index in [0.717, 1.165) is 19.6 Å². The van der Waals surface area contributed by atoms with Crippen LogP contribution in [0.2, 0.25) is 0 Å². The van der Waals surface area contributed by atoms with Crippen molar-refractivity contribution >= 4 is 0 Å². The van der Waals surface area contributed by atoms with Gasteiger partial charge in [-0.15, -0.1) is 0 Å². The monoisotopic (exact) mass is 184 g/mol. The van der Waals surface area contributed by atoms with Crippen LogP contribution in [0.3, 0.4) is 0 Å². The van der Waals surface area contributed by atoms with Crippen LogP contribution in [0, 0.1) is 0 Å². The van der Waals surface area contributed by atoms with E-state index in [-0.39, 0.29) is 5.54 Å². The van der Waals surface area contributed by atoms with Crippen molar-refractivity contribution in [1.29, 1.82) is 0 Å². The van der Waals surface area contributed by atoms with Crippen LogP contribution in [0.5, 0.6) is 0 Å². The molecular weight excluding hydrogens is 160 g/mol. The molecule has 2 heteroatoms. The Bertz CT molecular complexity index is 167. The second kappa shape index (κ2) is 3.58. The minimum atomic E-state index is 0.287. The maximum absolute atomic E-state index is 3.46. The van der Waals surface area contributed by atoms with Crippen LogP contribution in [0.1, 0.15) is 41.0 Å². The van der Waals surface area contributed by atoms with E-state index in [2.05, 4.69) is 44.8 Å². The Labute approximate surface area is 82.7 Å². The summed E-state index contributed by atoms with van der Waals surface area (Å²) in [6, 6.07) is 0. The maximum Gasteiger partial charge on any atom is 0.0171 e. The molecule has 0 aromatic carbocycles. The summed E-state index contributed by atoms with van der Waals surface area (Å²) in [6.45, 7) is 15.1. The number of hydrogen-bond donors (Lipinski definition) is 1. The summed E-state index contributed by atoms with van der Waals surface area (Å²) in [4.78, 5) is 2.61. The quantitative estimate of drug-likeness (QED) is 0.618. The fourth-order valence-electron chi connectivity index (χ4n) is 2.39. The highest BCUT2D eigenvalue weighted by Crippen LogP contribution is 2.27. The number of hydrogen-bond acceptors (Lipinski definition) is 2. The molecule has 1 fully saturated rings. The third-order valence-corrected chi connectivity index (χ3v) is 2.97. The molecule has 78 valence electrons. The minimum absolute atomic E-state index is 0.287. The minimum Gasteiger partial charge on any atom is -0.315 e. The standard InChI is InChI=1S/C11H24N2/c1-10(2,3)13-9-8-12-7-6-11(13,4)5/h12H,6-9H2,1-5H3. The zero-order chi connectivity index (χ0) is 10.1. The molecule has 0 aliphatic carbocycles. The van der Waals surface area contributed by atoms with E-state index in [4.69, 9.17) is 0 Å². The molecule has 0 atom stereocenters. The molecule has 0 aromatic rings. The lowest BCUT2D eigenvalue weighted by Gasteiger charge is -2.46. The van der Waals surface area contributed by atoms with Gasteiger partial charge in [-0.05, 0) is 47.6 Å². The van der Waals surface area contributed by atoms with Gasteiger partial charge >= 0.3 is 0 Å². The molecule has 0 unspecified atom stereocenters. The van der Waals surface area contributed by atoms with Crippen molar-refractivity contribution in [3.63, 3.8) is 0 Å². The van der Waals surface area contributed by atoms with Gasteiger partial charge in [-0.3, -0.25) is 4.90 Å². The van der Waals surface area contributed by atoms with Crippen molar-refractivity contribution in [3.8, 4) is 0 Å². The lowest BCUT2D eigenvalue weighted by Crippen LogP contribution is -2.54. The van der Waals surface area contributed by atoms with Crippen molar-refractivity contribution in [3.05, 3.63) is 0 Å². The first-order valence-electron chi connectivity index (χ1n) is 5.32. The average molecular weight is 184 g/mol. The summed E-state index contributed by atoms with van der Waals surface area (Å²) in [7, 11) is 0. The predicted octanol–water partition coefficient (Wildman–Crippen LogP) is 1.86. The van der Waals surface area contributed by atoms with Crippen LogP contribution in [-0.2, 0) is 0 Å². The number of rotatable bonds is 0. The third kappa shape index (κ3) is 2.68. The normalized spacial score (nSPS) is 25.6. The van der Waals surface area contributed by atoms with Gasteiger partial charge in [-0.1, -0.05) is 0 Å². The van der Waals surface area contributed by atoms with Crippen molar-refractivity contribution < 1.29 is 0 Å². The summed E-state index contributed by atoms with van der Waals surface area (Å²) >= 11 is 0. The summed E-state index contributed by atoms with van der Waals surface area (Å²) < 4.78 is 0. The van der Waals surface area contributed by atoms with E-state index in [1.807, 2.05) is 0 Å². The molecule has 1 rings (SSSR count). The molecule has 0 saturated carbocycles. The van der Waals surface area contributed by atoms with E-state index >= 15 is 0 Å². The zero-order valence-electron chi connectivity index (χ0n) is 9.78. The van der Waals surface area contributed by atoms with Crippen LogP contribution in [0.25, 0.3) is 0 Å². The van der Waals surface area contributed by atoms with Crippen molar-refractivity contribution in [2.45, 2.75) is 52.1 Å². The van der Waals surface area contributed by atoms with E-state index in [9.17, 15) is 0 Å². The first kappa shape index (κ1) is 11.0. The molecule has 0 aromatic heterocycles. The Morgan fingerprint density at radius 1 is 1.15 bits per heavy atom. The first-order chi connectivity index (χ1) is 5.84. The Balaban J connectivity index is 2.78. The Kier molecular flexibility index (Phi) is 3.03. The smallest absolute Gasteiger partial charge is 0.0171 e. The molecule has 2 nitrogen and oxygen atoms in total. The number of nitrogens with zero attached hydrogens (tertiary/aromatic N) is 1. The molecule has 0 bridgehead atoms. The van der Waals surface area contributed by atoms with Gasteiger partial charge in [-0.25, -0.2) is 0 Å².